The Morgan fingerprint density at radius 1 is 1.39 bits per heavy atom. The van der Waals surface area contributed by atoms with Crippen molar-refractivity contribution in [3.63, 3.8) is 0 Å². The molecule has 1 saturated heterocycles. The van der Waals surface area contributed by atoms with Gasteiger partial charge < -0.3 is 15.2 Å². The molecule has 1 aliphatic heterocycles. The zero-order valence-corrected chi connectivity index (χ0v) is 11.0. The van der Waals surface area contributed by atoms with Crippen molar-refractivity contribution in [2.75, 3.05) is 11.9 Å². The van der Waals surface area contributed by atoms with Gasteiger partial charge in [0.25, 0.3) is 0 Å². The van der Waals surface area contributed by atoms with Crippen molar-refractivity contribution in [1.82, 2.24) is 0 Å². The smallest absolute Gasteiger partial charge is 0.332 e. The number of anilines is 1. The van der Waals surface area contributed by atoms with Gasteiger partial charge in [-0.25, -0.2) is 4.79 Å². The van der Waals surface area contributed by atoms with Crippen molar-refractivity contribution in [3.8, 4) is 0 Å². The van der Waals surface area contributed by atoms with Gasteiger partial charge in [-0.1, -0.05) is 23.2 Å². The number of benzene rings is 1. The summed E-state index contributed by atoms with van der Waals surface area (Å²) in [5, 5.41) is 12.9. The predicted molar refractivity (Wildman–Crippen MR) is 70.5 cm³/mol. The lowest BCUT2D eigenvalue weighted by Gasteiger charge is -2.13. The first-order valence-corrected chi connectivity index (χ1v) is 6.39. The van der Waals surface area contributed by atoms with Gasteiger partial charge in [-0.3, -0.25) is 0 Å². The first-order valence-electron chi connectivity index (χ1n) is 5.63. The normalized spacial score (nSPS) is 23.0. The maximum Gasteiger partial charge on any atom is 0.332 e. The van der Waals surface area contributed by atoms with Crippen LogP contribution in [0.1, 0.15) is 12.8 Å². The summed E-state index contributed by atoms with van der Waals surface area (Å²) in [5.41, 5.74) is 0.840. The Morgan fingerprint density at radius 3 is 2.78 bits per heavy atom. The van der Waals surface area contributed by atoms with Crippen LogP contribution in [-0.2, 0) is 9.53 Å². The predicted octanol–water partition coefficient (Wildman–Crippen LogP) is 3.04. The molecule has 2 atom stereocenters. The Labute approximate surface area is 115 Å². The Balaban J connectivity index is 1.85. The SMILES string of the molecule is O=C(O)C1CCC(CNc2ccc(Cl)c(Cl)c2)O1. The number of carboxylic acids is 1. The molecule has 6 heteroatoms. The number of halogens is 2. The summed E-state index contributed by atoms with van der Waals surface area (Å²) in [7, 11) is 0. The molecule has 2 unspecified atom stereocenters. The van der Waals surface area contributed by atoms with E-state index in [9.17, 15) is 4.79 Å². The second-order valence-corrected chi connectivity index (χ2v) is 4.99. The molecule has 0 radical (unpaired) electrons. The molecule has 0 aromatic heterocycles. The number of carboxylic acid groups (broad SMARTS) is 1. The van der Waals surface area contributed by atoms with Gasteiger partial charge in [0.2, 0.25) is 0 Å². The molecule has 1 heterocycles. The number of hydrogen-bond donors (Lipinski definition) is 2. The van der Waals surface area contributed by atoms with E-state index in [0.29, 0.717) is 23.0 Å². The van der Waals surface area contributed by atoms with E-state index in [-0.39, 0.29) is 6.10 Å². The van der Waals surface area contributed by atoms with Crippen LogP contribution in [0, 0.1) is 0 Å². The molecule has 2 rings (SSSR count). The number of carbonyl (C=O) groups is 1. The van der Waals surface area contributed by atoms with Crippen molar-refractivity contribution in [2.24, 2.45) is 0 Å². The van der Waals surface area contributed by atoms with Gasteiger partial charge in [-0.15, -0.1) is 0 Å². The van der Waals surface area contributed by atoms with Crippen LogP contribution in [0.5, 0.6) is 0 Å². The van der Waals surface area contributed by atoms with Crippen molar-refractivity contribution in [2.45, 2.75) is 25.0 Å². The number of aliphatic carboxylic acids is 1. The fraction of sp³-hybridized carbons (Fsp3) is 0.417. The molecule has 4 nitrogen and oxygen atoms in total. The lowest BCUT2D eigenvalue weighted by atomic mass is 10.2. The fourth-order valence-electron chi connectivity index (χ4n) is 1.88. The van der Waals surface area contributed by atoms with Crippen LogP contribution in [0.25, 0.3) is 0 Å². The highest BCUT2D eigenvalue weighted by Crippen LogP contribution is 2.26. The van der Waals surface area contributed by atoms with Crippen molar-refractivity contribution in [1.29, 1.82) is 0 Å². The van der Waals surface area contributed by atoms with Gasteiger partial charge in [0, 0.05) is 12.2 Å². The summed E-state index contributed by atoms with van der Waals surface area (Å²) >= 11 is 11.7. The van der Waals surface area contributed by atoms with Crippen molar-refractivity contribution in [3.05, 3.63) is 28.2 Å². The summed E-state index contributed by atoms with van der Waals surface area (Å²) in [4.78, 5) is 10.7. The van der Waals surface area contributed by atoms with Gasteiger partial charge in [-0.2, -0.15) is 0 Å². The third-order valence-electron chi connectivity index (χ3n) is 2.84. The monoisotopic (exact) mass is 289 g/mol. The van der Waals surface area contributed by atoms with Crippen LogP contribution in [0.3, 0.4) is 0 Å². The highest BCUT2D eigenvalue weighted by molar-refractivity contribution is 6.42. The van der Waals surface area contributed by atoms with Crippen LogP contribution < -0.4 is 5.32 Å². The zero-order chi connectivity index (χ0) is 13.1. The van der Waals surface area contributed by atoms with E-state index < -0.39 is 12.1 Å². The van der Waals surface area contributed by atoms with Gasteiger partial charge in [0.1, 0.15) is 0 Å². The molecule has 0 saturated carbocycles. The zero-order valence-electron chi connectivity index (χ0n) is 9.53. The van der Waals surface area contributed by atoms with E-state index in [4.69, 9.17) is 33.0 Å². The quantitative estimate of drug-likeness (QED) is 0.894. The molecule has 1 aromatic rings. The van der Waals surface area contributed by atoms with E-state index >= 15 is 0 Å². The van der Waals surface area contributed by atoms with E-state index in [1.165, 1.54) is 0 Å². The Morgan fingerprint density at radius 2 is 2.17 bits per heavy atom. The minimum absolute atomic E-state index is 0.0828. The summed E-state index contributed by atoms with van der Waals surface area (Å²) in [6.45, 7) is 0.557. The van der Waals surface area contributed by atoms with E-state index in [1.807, 2.05) is 6.07 Å². The summed E-state index contributed by atoms with van der Waals surface area (Å²) in [6, 6.07) is 5.26. The Kier molecular flexibility index (Phi) is 4.32. The highest BCUT2D eigenvalue weighted by atomic mass is 35.5. The van der Waals surface area contributed by atoms with Gasteiger partial charge in [-0.05, 0) is 31.0 Å². The highest BCUT2D eigenvalue weighted by Gasteiger charge is 2.30. The molecule has 18 heavy (non-hydrogen) atoms. The lowest BCUT2D eigenvalue weighted by Crippen LogP contribution is -2.24. The number of rotatable bonds is 4. The molecule has 2 N–H and O–H groups in total. The third kappa shape index (κ3) is 3.28. The van der Waals surface area contributed by atoms with E-state index in [2.05, 4.69) is 5.32 Å². The molecule has 0 aliphatic carbocycles. The van der Waals surface area contributed by atoms with Gasteiger partial charge >= 0.3 is 5.97 Å². The molecular formula is C12H13Cl2NO3. The molecule has 0 spiro atoms. The second-order valence-electron chi connectivity index (χ2n) is 4.17. The maximum absolute atomic E-state index is 10.7. The van der Waals surface area contributed by atoms with Crippen LogP contribution >= 0.6 is 23.2 Å². The molecule has 1 aromatic carbocycles. The average Bonchev–Trinajstić information content (AvgIpc) is 2.79. The van der Waals surface area contributed by atoms with E-state index in [0.717, 1.165) is 12.1 Å². The van der Waals surface area contributed by atoms with Gasteiger partial charge in [0.05, 0.1) is 16.1 Å². The minimum atomic E-state index is -0.896. The Bertz CT molecular complexity index is 453. The minimum Gasteiger partial charge on any atom is -0.479 e. The van der Waals surface area contributed by atoms with Crippen LogP contribution in [-0.4, -0.2) is 29.8 Å². The molecular weight excluding hydrogens is 277 g/mol. The van der Waals surface area contributed by atoms with Crippen LogP contribution in [0.4, 0.5) is 5.69 Å². The number of hydrogen-bond acceptors (Lipinski definition) is 3. The lowest BCUT2D eigenvalue weighted by molar-refractivity contribution is -0.149. The van der Waals surface area contributed by atoms with Crippen LogP contribution in [0.2, 0.25) is 10.0 Å². The molecule has 1 aliphatic rings. The molecule has 1 fully saturated rings. The molecule has 0 bridgehead atoms. The first-order chi connectivity index (χ1) is 8.56. The largest absolute Gasteiger partial charge is 0.479 e. The van der Waals surface area contributed by atoms with E-state index in [1.54, 1.807) is 12.1 Å². The average molecular weight is 290 g/mol. The standard InChI is InChI=1S/C12H13Cl2NO3/c13-9-3-1-7(5-10(9)14)15-6-8-2-4-11(18-8)12(16)17/h1,3,5,8,11,15H,2,4,6H2,(H,16,17). The number of ether oxygens (including phenoxy) is 1. The second kappa shape index (κ2) is 5.78. The number of nitrogens with one attached hydrogen (secondary N) is 1. The molecule has 98 valence electrons. The summed E-state index contributed by atoms with van der Waals surface area (Å²) < 4.78 is 5.38. The van der Waals surface area contributed by atoms with Crippen LogP contribution in [0.15, 0.2) is 18.2 Å². The fourth-order valence-corrected chi connectivity index (χ4v) is 2.17. The summed E-state index contributed by atoms with van der Waals surface area (Å²) in [6.07, 6.45) is 0.542. The topological polar surface area (TPSA) is 58.6 Å². The summed E-state index contributed by atoms with van der Waals surface area (Å²) in [5.74, 6) is -0.896. The third-order valence-corrected chi connectivity index (χ3v) is 3.58. The first kappa shape index (κ1) is 13.5. The van der Waals surface area contributed by atoms with Gasteiger partial charge in [0.15, 0.2) is 6.10 Å². The molecule has 0 amide bonds. The van der Waals surface area contributed by atoms with Crippen molar-refractivity contribution >= 4 is 34.9 Å². The Hall–Kier alpha value is -0.970. The van der Waals surface area contributed by atoms with Crippen molar-refractivity contribution < 1.29 is 14.6 Å². The maximum atomic E-state index is 10.7.